The van der Waals surface area contributed by atoms with Crippen molar-refractivity contribution < 1.29 is 9.53 Å². The molecule has 2 aromatic carbocycles. The van der Waals surface area contributed by atoms with Gasteiger partial charge in [0.1, 0.15) is 5.75 Å². The van der Waals surface area contributed by atoms with Crippen LogP contribution in [0.4, 0.5) is 0 Å². The van der Waals surface area contributed by atoms with Gasteiger partial charge in [0.2, 0.25) is 0 Å². The third-order valence-electron chi connectivity index (χ3n) is 3.01. The van der Waals surface area contributed by atoms with E-state index in [1.807, 2.05) is 26.0 Å². The number of rotatable bonds is 5. The number of hydrazone groups is 1. The summed E-state index contributed by atoms with van der Waals surface area (Å²) in [5.74, 6) is 0.469. The van der Waals surface area contributed by atoms with E-state index in [1.165, 1.54) is 0 Å². The minimum atomic E-state index is -0.267. The molecule has 0 aromatic heterocycles. The van der Waals surface area contributed by atoms with Gasteiger partial charge in [-0.2, -0.15) is 5.10 Å². The summed E-state index contributed by atoms with van der Waals surface area (Å²) < 4.78 is 5.34. The molecule has 0 fully saturated rings. The maximum Gasteiger partial charge on any atom is 0.271 e. The van der Waals surface area contributed by atoms with E-state index in [9.17, 15) is 4.79 Å². The van der Waals surface area contributed by atoms with Gasteiger partial charge in [-0.15, -0.1) is 0 Å². The molecule has 0 aliphatic rings. The second-order valence-electron chi connectivity index (χ2n) is 4.60. The Morgan fingerprint density at radius 3 is 2.27 bits per heavy atom. The molecule has 5 heteroatoms. The van der Waals surface area contributed by atoms with E-state index in [0.717, 1.165) is 11.3 Å². The average molecular weight is 317 g/mol. The standard InChI is InChI=1S/C17H17ClN2O2/c1-3-22-16-10-6-14(7-11-16)17(21)20-19-12(2)13-4-8-15(18)9-5-13/h4-11H,3H2,1-2H3,(H,20,21). The Morgan fingerprint density at radius 1 is 1.09 bits per heavy atom. The summed E-state index contributed by atoms with van der Waals surface area (Å²) in [7, 11) is 0. The van der Waals surface area contributed by atoms with Crippen LogP contribution in [-0.2, 0) is 0 Å². The van der Waals surface area contributed by atoms with E-state index in [0.29, 0.717) is 22.9 Å². The summed E-state index contributed by atoms with van der Waals surface area (Å²) in [4.78, 5) is 12.0. The van der Waals surface area contributed by atoms with Crippen LogP contribution in [0.1, 0.15) is 29.8 Å². The molecule has 0 radical (unpaired) electrons. The second kappa shape index (κ2) is 7.61. The van der Waals surface area contributed by atoms with Crippen LogP contribution < -0.4 is 10.2 Å². The monoisotopic (exact) mass is 316 g/mol. The fourth-order valence-corrected chi connectivity index (χ4v) is 1.95. The number of hydrogen-bond acceptors (Lipinski definition) is 3. The van der Waals surface area contributed by atoms with Crippen molar-refractivity contribution in [3.63, 3.8) is 0 Å². The Morgan fingerprint density at radius 2 is 1.68 bits per heavy atom. The number of hydrogen-bond donors (Lipinski definition) is 1. The van der Waals surface area contributed by atoms with Gasteiger partial charge in [-0.1, -0.05) is 23.7 Å². The largest absolute Gasteiger partial charge is 0.494 e. The molecule has 0 aliphatic carbocycles. The van der Waals surface area contributed by atoms with Crippen molar-refractivity contribution in [2.45, 2.75) is 13.8 Å². The summed E-state index contributed by atoms with van der Waals surface area (Å²) >= 11 is 5.84. The molecule has 0 unspecified atom stereocenters. The molecule has 2 aromatic rings. The fourth-order valence-electron chi connectivity index (χ4n) is 1.82. The summed E-state index contributed by atoms with van der Waals surface area (Å²) in [5.41, 5.74) is 4.67. The van der Waals surface area contributed by atoms with Crippen LogP contribution in [0.3, 0.4) is 0 Å². The molecule has 2 rings (SSSR count). The third kappa shape index (κ3) is 4.33. The maximum atomic E-state index is 12.0. The van der Waals surface area contributed by atoms with Crippen LogP contribution in [0.15, 0.2) is 53.6 Å². The zero-order valence-electron chi connectivity index (χ0n) is 12.5. The zero-order chi connectivity index (χ0) is 15.9. The molecular formula is C17H17ClN2O2. The maximum absolute atomic E-state index is 12.0. The Labute approximate surface area is 134 Å². The molecule has 4 nitrogen and oxygen atoms in total. The SMILES string of the molecule is CCOc1ccc(C(=O)NN=C(C)c2ccc(Cl)cc2)cc1. The van der Waals surface area contributed by atoms with Gasteiger partial charge in [0.25, 0.3) is 5.91 Å². The number of benzene rings is 2. The number of nitrogens with zero attached hydrogens (tertiary/aromatic N) is 1. The minimum absolute atomic E-state index is 0.267. The van der Waals surface area contributed by atoms with Gasteiger partial charge in [0.15, 0.2) is 0 Å². The topological polar surface area (TPSA) is 50.7 Å². The Balaban J connectivity index is 2.01. The van der Waals surface area contributed by atoms with Crippen molar-refractivity contribution in [1.29, 1.82) is 0 Å². The molecule has 0 saturated carbocycles. The van der Waals surface area contributed by atoms with E-state index >= 15 is 0 Å². The van der Waals surface area contributed by atoms with Crippen molar-refractivity contribution in [1.82, 2.24) is 5.43 Å². The highest BCUT2D eigenvalue weighted by atomic mass is 35.5. The highest BCUT2D eigenvalue weighted by Gasteiger charge is 2.05. The lowest BCUT2D eigenvalue weighted by molar-refractivity contribution is 0.0955. The van der Waals surface area contributed by atoms with E-state index in [4.69, 9.17) is 16.3 Å². The number of amides is 1. The Bertz CT molecular complexity index is 664. The van der Waals surface area contributed by atoms with Gasteiger partial charge >= 0.3 is 0 Å². The molecule has 114 valence electrons. The first-order valence-electron chi connectivity index (χ1n) is 6.93. The molecular weight excluding hydrogens is 300 g/mol. The normalized spacial score (nSPS) is 11.1. The number of nitrogens with one attached hydrogen (secondary N) is 1. The third-order valence-corrected chi connectivity index (χ3v) is 3.27. The van der Waals surface area contributed by atoms with Gasteiger partial charge in [-0.3, -0.25) is 4.79 Å². The molecule has 0 saturated heterocycles. The number of halogens is 1. The first-order valence-corrected chi connectivity index (χ1v) is 7.31. The lowest BCUT2D eigenvalue weighted by Crippen LogP contribution is -2.19. The van der Waals surface area contributed by atoms with E-state index < -0.39 is 0 Å². The van der Waals surface area contributed by atoms with Gasteiger partial charge < -0.3 is 4.74 Å². The second-order valence-corrected chi connectivity index (χ2v) is 5.04. The highest BCUT2D eigenvalue weighted by molar-refractivity contribution is 6.30. The number of carbonyl (C=O) groups is 1. The van der Waals surface area contributed by atoms with Crippen molar-refractivity contribution in [3.8, 4) is 5.75 Å². The van der Waals surface area contributed by atoms with Gasteiger partial charge in [-0.05, 0) is 55.8 Å². The molecule has 0 spiro atoms. The number of carbonyl (C=O) groups excluding carboxylic acids is 1. The van der Waals surface area contributed by atoms with Crippen LogP contribution in [-0.4, -0.2) is 18.2 Å². The first-order chi connectivity index (χ1) is 10.6. The zero-order valence-corrected chi connectivity index (χ0v) is 13.2. The fraction of sp³-hybridized carbons (Fsp3) is 0.176. The van der Waals surface area contributed by atoms with Crippen molar-refractivity contribution in [2.24, 2.45) is 5.10 Å². The van der Waals surface area contributed by atoms with E-state index in [2.05, 4.69) is 10.5 Å². The average Bonchev–Trinajstić information content (AvgIpc) is 2.54. The lowest BCUT2D eigenvalue weighted by atomic mass is 10.1. The van der Waals surface area contributed by atoms with Crippen molar-refractivity contribution in [2.75, 3.05) is 6.61 Å². The molecule has 0 heterocycles. The van der Waals surface area contributed by atoms with Gasteiger partial charge in [0, 0.05) is 10.6 Å². The summed E-state index contributed by atoms with van der Waals surface area (Å²) in [6, 6.07) is 14.2. The van der Waals surface area contributed by atoms with Crippen LogP contribution in [0.5, 0.6) is 5.75 Å². The summed E-state index contributed by atoms with van der Waals surface area (Å²) in [5, 5.41) is 4.76. The summed E-state index contributed by atoms with van der Waals surface area (Å²) in [6.45, 7) is 4.33. The molecule has 0 bridgehead atoms. The van der Waals surface area contributed by atoms with Crippen LogP contribution in [0.2, 0.25) is 5.02 Å². The van der Waals surface area contributed by atoms with E-state index in [-0.39, 0.29) is 5.91 Å². The molecule has 1 N–H and O–H groups in total. The van der Waals surface area contributed by atoms with E-state index in [1.54, 1.807) is 36.4 Å². The highest BCUT2D eigenvalue weighted by Crippen LogP contribution is 2.12. The summed E-state index contributed by atoms with van der Waals surface area (Å²) in [6.07, 6.45) is 0. The molecule has 22 heavy (non-hydrogen) atoms. The minimum Gasteiger partial charge on any atom is -0.494 e. The van der Waals surface area contributed by atoms with Crippen LogP contribution in [0, 0.1) is 0 Å². The molecule has 0 atom stereocenters. The number of ether oxygens (including phenoxy) is 1. The Hall–Kier alpha value is -2.33. The Kier molecular flexibility index (Phi) is 5.55. The molecule has 0 aliphatic heterocycles. The first kappa shape index (κ1) is 16.0. The van der Waals surface area contributed by atoms with Gasteiger partial charge in [-0.25, -0.2) is 5.43 Å². The van der Waals surface area contributed by atoms with Crippen LogP contribution >= 0.6 is 11.6 Å². The predicted octanol–water partition coefficient (Wildman–Crippen LogP) is 3.89. The van der Waals surface area contributed by atoms with Crippen molar-refractivity contribution >= 4 is 23.2 Å². The predicted molar refractivity (Wildman–Crippen MR) is 88.7 cm³/mol. The van der Waals surface area contributed by atoms with Gasteiger partial charge in [0.05, 0.1) is 12.3 Å². The van der Waals surface area contributed by atoms with Crippen LogP contribution in [0.25, 0.3) is 0 Å². The molecule has 1 amide bonds. The quantitative estimate of drug-likeness (QED) is 0.672. The lowest BCUT2D eigenvalue weighted by Gasteiger charge is -2.05. The van der Waals surface area contributed by atoms with Crippen molar-refractivity contribution in [3.05, 3.63) is 64.7 Å². The smallest absolute Gasteiger partial charge is 0.271 e.